The normalized spacial score (nSPS) is 24.1. The monoisotopic (exact) mass is 342 g/mol. The number of aryl methyl sites for hydroxylation is 1. The molecule has 126 valence electrons. The van der Waals surface area contributed by atoms with E-state index in [4.69, 9.17) is 0 Å². The number of piperidine rings is 1. The summed E-state index contributed by atoms with van der Waals surface area (Å²) in [6.45, 7) is 5.61. The molecule has 3 aliphatic heterocycles. The van der Waals surface area contributed by atoms with Crippen molar-refractivity contribution in [2.75, 3.05) is 19.6 Å². The van der Waals surface area contributed by atoms with Gasteiger partial charge in [-0.25, -0.2) is 0 Å². The average molecular weight is 342 g/mol. The molecule has 0 saturated carbocycles. The van der Waals surface area contributed by atoms with Gasteiger partial charge in [0, 0.05) is 32.2 Å². The van der Waals surface area contributed by atoms with Crippen LogP contribution in [0, 0.1) is 12.8 Å². The van der Waals surface area contributed by atoms with Crippen LogP contribution >= 0.6 is 11.5 Å². The lowest BCUT2D eigenvalue weighted by atomic mass is 9.94. The maximum Gasteiger partial charge on any atom is 0.267 e. The average Bonchev–Trinajstić information content (AvgIpc) is 2.82. The van der Waals surface area contributed by atoms with E-state index in [-0.39, 0.29) is 5.91 Å². The first-order chi connectivity index (χ1) is 11.7. The molecule has 3 fully saturated rings. The first-order valence-corrected chi connectivity index (χ1v) is 9.34. The lowest BCUT2D eigenvalue weighted by Crippen LogP contribution is -2.43. The van der Waals surface area contributed by atoms with Crippen molar-refractivity contribution in [2.45, 2.75) is 32.4 Å². The summed E-state index contributed by atoms with van der Waals surface area (Å²) < 4.78 is 3.92. The second kappa shape index (κ2) is 6.61. The van der Waals surface area contributed by atoms with Gasteiger partial charge >= 0.3 is 0 Å². The van der Waals surface area contributed by atoms with Gasteiger partial charge in [0.15, 0.2) is 0 Å². The van der Waals surface area contributed by atoms with E-state index in [2.05, 4.69) is 44.8 Å². The Morgan fingerprint density at radius 1 is 1.21 bits per heavy atom. The van der Waals surface area contributed by atoms with Gasteiger partial charge in [0.25, 0.3) is 5.91 Å². The molecule has 2 aromatic rings. The van der Waals surface area contributed by atoms with Crippen LogP contribution < -0.4 is 0 Å². The minimum absolute atomic E-state index is 0.112. The highest BCUT2D eigenvalue weighted by molar-refractivity contribution is 7.07. The van der Waals surface area contributed by atoms with E-state index in [1.54, 1.807) is 0 Å². The Labute approximate surface area is 146 Å². The van der Waals surface area contributed by atoms with Gasteiger partial charge in [0.05, 0.1) is 5.69 Å². The molecule has 1 aromatic carbocycles. The molecule has 24 heavy (non-hydrogen) atoms. The van der Waals surface area contributed by atoms with E-state index in [0.29, 0.717) is 16.8 Å². The Morgan fingerprint density at radius 3 is 2.79 bits per heavy atom. The van der Waals surface area contributed by atoms with Crippen LogP contribution in [0.25, 0.3) is 0 Å². The fourth-order valence-electron chi connectivity index (χ4n) is 3.93. The molecule has 0 unspecified atom stereocenters. The third kappa shape index (κ3) is 3.08. The second-order valence-electron chi connectivity index (χ2n) is 6.91. The van der Waals surface area contributed by atoms with E-state index in [0.717, 1.165) is 31.9 Å². The highest BCUT2D eigenvalue weighted by Crippen LogP contribution is 2.30. The van der Waals surface area contributed by atoms with Crippen molar-refractivity contribution in [3.05, 3.63) is 46.5 Å². The number of fused-ring (bicyclic) bond motifs is 4. The highest BCUT2D eigenvalue weighted by atomic mass is 32.1. The summed E-state index contributed by atoms with van der Waals surface area (Å²) in [5.74, 6) is 0.679. The predicted octanol–water partition coefficient (Wildman–Crippen LogP) is 2.58. The molecular formula is C18H22N4OS. The van der Waals surface area contributed by atoms with Crippen LogP contribution in [0.5, 0.6) is 0 Å². The Balaban J connectivity index is 1.50. The second-order valence-corrected chi connectivity index (χ2v) is 7.66. The van der Waals surface area contributed by atoms with Gasteiger partial charge < -0.3 is 4.90 Å². The summed E-state index contributed by atoms with van der Waals surface area (Å²) >= 11 is 1.22. The number of hydrogen-bond acceptors (Lipinski definition) is 5. The van der Waals surface area contributed by atoms with Gasteiger partial charge in [-0.15, -0.1) is 5.10 Å². The SMILES string of the molecule is Cc1nnsc1C(=O)N1C[C@H]2CC[C@@H](C1)N(Cc1ccccc1)C2. The van der Waals surface area contributed by atoms with Crippen LogP contribution in [0.15, 0.2) is 30.3 Å². The molecule has 3 aliphatic rings. The van der Waals surface area contributed by atoms with Crippen molar-refractivity contribution >= 4 is 17.4 Å². The fourth-order valence-corrected chi connectivity index (χ4v) is 4.55. The lowest BCUT2D eigenvalue weighted by molar-refractivity contribution is 0.0740. The minimum Gasteiger partial charge on any atom is -0.336 e. The minimum atomic E-state index is 0.112. The summed E-state index contributed by atoms with van der Waals surface area (Å²) in [6, 6.07) is 11.1. The van der Waals surface area contributed by atoms with E-state index in [9.17, 15) is 4.79 Å². The van der Waals surface area contributed by atoms with Crippen molar-refractivity contribution in [3.63, 3.8) is 0 Å². The third-order valence-corrected chi connectivity index (χ3v) is 6.00. The molecule has 1 amide bonds. The number of carbonyl (C=O) groups is 1. The number of hydrogen-bond donors (Lipinski definition) is 0. The fraction of sp³-hybridized carbons (Fsp3) is 0.500. The van der Waals surface area contributed by atoms with Crippen LogP contribution in [0.2, 0.25) is 0 Å². The van der Waals surface area contributed by atoms with Gasteiger partial charge in [-0.05, 0) is 42.8 Å². The Kier molecular flexibility index (Phi) is 4.33. The molecule has 5 rings (SSSR count). The maximum absolute atomic E-state index is 12.9. The molecular weight excluding hydrogens is 320 g/mol. The van der Waals surface area contributed by atoms with Gasteiger partial charge in [-0.2, -0.15) is 0 Å². The Bertz CT molecular complexity index is 717. The van der Waals surface area contributed by atoms with Gasteiger partial charge in [0.1, 0.15) is 4.88 Å². The summed E-state index contributed by atoms with van der Waals surface area (Å²) in [5.41, 5.74) is 2.10. The smallest absolute Gasteiger partial charge is 0.267 e. The van der Waals surface area contributed by atoms with Gasteiger partial charge in [-0.3, -0.25) is 9.69 Å². The number of aromatic nitrogens is 2. The van der Waals surface area contributed by atoms with Crippen molar-refractivity contribution < 1.29 is 4.79 Å². The van der Waals surface area contributed by atoms with Crippen molar-refractivity contribution in [1.29, 1.82) is 0 Å². The molecule has 0 spiro atoms. The molecule has 0 radical (unpaired) electrons. The van der Waals surface area contributed by atoms with Crippen molar-refractivity contribution in [3.8, 4) is 0 Å². The topological polar surface area (TPSA) is 49.3 Å². The van der Waals surface area contributed by atoms with E-state index < -0.39 is 0 Å². The molecule has 1 aromatic heterocycles. The van der Waals surface area contributed by atoms with Crippen molar-refractivity contribution in [1.82, 2.24) is 19.4 Å². The number of benzene rings is 1. The van der Waals surface area contributed by atoms with Crippen LogP contribution in [-0.4, -0.2) is 51.0 Å². The number of nitrogens with zero attached hydrogens (tertiary/aromatic N) is 4. The van der Waals surface area contributed by atoms with E-state index in [1.165, 1.54) is 29.9 Å². The first kappa shape index (κ1) is 15.7. The van der Waals surface area contributed by atoms with E-state index >= 15 is 0 Å². The molecule has 0 N–H and O–H groups in total. The van der Waals surface area contributed by atoms with Crippen LogP contribution in [0.3, 0.4) is 0 Å². The quantitative estimate of drug-likeness (QED) is 0.860. The maximum atomic E-state index is 12.9. The zero-order valence-electron chi connectivity index (χ0n) is 13.9. The highest BCUT2D eigenvalue weighted by Gasteiger charge is 2.37. The molecule has 6 heteroatoms. The molecule has 4 heterocycles. The summed E-state index contributed by atoms with van der Waals surface area (Å²) in [5, 5.41) is 3.99. The van der Waals surface area contributed by atoms with Crippen LogP contribution in [0.1, 0.15) is 33.8 Å². The summed E-state index contributed by atoms with van der Waals surface area (Å²) in [4.78, 5) is 18.2. The largest absolute Gasteiger partial charge is 0.336 e. The van der Waals surface area contributed by atoms with Gasteiger partial charge in [0.2, 0.25) is 0 Å². The van der Waals surface area contributed by atoms with E-state index in [1.807, 2.05) is 11.8 Å². The number of amides is 1. The van der Waals surface area contributed by atoms with Crippen LogP contribution in [0.4, 0.5) is 0 Å². The molecule has 3 saturated heterocycles. The standard InChI is InChI=1S/C18H22N4OS/c1-13-17(24-20-19-13)18(23)22-11-15-7-8-16(12-22)21(10-15)9-14-5-3-2-4-6-14/h2-6,15-16H,7-12H2,1H3/t15-,16-/m0/s1. The van der Waals surface area contributed by atoms with Gasteiger partial charge in [-0.1, -0.05) is 34.8 Å². The number of rotatable bonds is 3. The molecule has 2 bridgehead atoms. The lowest BCUT2D eigenvalue weighted by Gasteiger charge is -2.36. The third-order valence-electron chi connectivity index (χ3n) is 5.19. The molecule has 0 aliphatic carbocycles. The zero-order chi connectivity index (χ0) is 16.5. The Hall–Kier alpha value is -1.79. The van der Waals surface area contributed by atoms with Crippen LogP contribution in [-0.2, 0) is 6.54 Å². The zero-order valence-corrected chi connectivity index (χ0v) is 14.7. The molecule has 2 atom stereocenters. The summed E-state index contributed by atoms with van der Waals surface area (Å²) in [6.07, 6.45) is 2.40. The number of carbonyl (C=O) groups excluding carboxylic acids is 1. The first-order valence-electron chi connectivity index (χ1n) is 8.57. The molecule has 5 nitrogen and oxygen atoms in total. The summed E-state index contributed by atoms with van der Waals surface area (Å²) in [7, 11) is 0. The Morgan fingerprint density at radius 2 is 2.04 bits per heavy atom. The van der Waals surface area contributed by atoms with Crippen molar-refractivity contribution in [2.24, 2.45) is 5.92 Å². The predicted molar refractivity (Wildman–Crippen MR) is 93.9 cm³/mol.